The molecule has 0 aliphatic heterocycles. The van der Waals surface area contributed by atoms with E-state index in [2.05, 4.69) is 4.98 Å². The number of pyridine rings is 1. The number of nitrogens with two attached hydrogens (primary N) is 2. The fourth-order valence-electron chi connectivity index (χ4n) is 0.960. The lowest BCUT2D eigenvalue weighted by Crippen LogP contribution is -2.10. The van der Waals surface area contributed by atoms with Crippen molar-refractivity contribution in [1.29, 1.82) is 0 Å². The number of carbonyl (C=O) groups is 1. The molecule has 4 nitrogen and oxygen atoms in total. The van der Waals surface area contributed by atoms with Gasteiger partial charge in [0.2, 0.25) is 5.91 Å². The SMILES string of the molecule is Cl.NC(=O)c1ccc(N)cc1.c1ccncc1. The molecule has 0 unspecified atom stereocenters. The molecular formula is C12H14ClN3O. The van der Waals surface area contributed by atoms with Gasteiger partial charge in [0.15, 0.2) is 0 Å². The zero-order valence-corrected chi connectivity index (χ0v) is 9.93. The van der Waals surface area contributed by atoms with Gasteiger partial charge in [0.25, 0.3) is 0 Å². The minimum Gasteiger partial charge on any atom is -0.399 e. The number of anilines is 1. The Kier molecular flexibility index (Phi) is 7.14. The molecule has 0 spiro atoms. The zero-order valence-electron chi connectivity index (χ0n) is 9.11. The number of rotatable bonds is 1. The predicted octanol–water partition coefficient (Wildman–Crippen LogP) is 1.87. The minimum atomic E-state index is -0.431. The lowest BCUT2D eigenvalue weighted by Gasteiger charge is -1.93. The van der Waals surface area contributed by atoms with Crippen LogP contribution in [0.5, 0.6) is 0 Å². The van der Waals surface area contributed by atoms with Gasteiger partial charge in [0, 0.05) is 23.6 Å². The third-order valence-corrected chi connectivity index (χ3v) is 1.76. The molecule has 1 amide bonds. The number of primary amides is 1. The molecule has 0 radical (unpaired) electrons. The van der Waals surface area contributed by atoms with E-state index in [0.717, 1.165) is 0 Å². The zero-order chi connectivity index (χ0) is 11.8. The molecule has 2 aromatic rings. The summed E-state index contributed by atoms with van der Waals surface area (Å²) in [5.41, 5.74) is 11.5. The third kappa shape index (κ3) is 6.17. The number of aromatic nitrogens is 1. The Hall–Kier alpha value is -2.07. The van der Waals surface area contributed by atoms with Crippen molar-refractivity contribution in [2.24, 2.45) is 5.73 Å². The van der Waals surface area contributed by atoms with Crippen LogP contribution in [0.15, 0.2) is 54.9 Å². The third-order valence-electron chi connectivity index (χ3n) is 1.76. The van der Waals surface area contributed by atoms with Crippen LogP contribution in [-0.2, 0) is 0 Å². The van der Waals surface area contributed by atoms with Crippen LogP contribution in [0.25, 0.3) is 0 Å². The summed E-state index contributed by atoms with van der Waals surface area (Å²) in [4.78, 5) is 14.3. The van der Waals surface area contributed by atoms with Gasteiger partial charge in [-0.2, -0.15) is 0 Å². The molecule has 0 atom stereocenters. The van der Waals surface area contributed by atoms with Gasteiger partial charge in [-0.05, 0) is 36.4 Å². The molecule has 0 saturated carbocycles. The van der Waals surface area contributed by atoms with Gasteiger partial charge in [0.05, 0.1) is 0 Å². The molecule has 0 fully saturated rings. The van der Waals surface area contributed by atoms with Crippen molar-refractivity contribution in [1.82, 2.24) is 4.98 Å². The summed E-state index contributed by atoms with van der Waals surface area (Å²) in [7, 11) is 0. The van der Waals surface area contributed by atoms with E-state index >= 15 is 0 Å². The largest absolute Gasteiger partial charge is 0.399 e. The van der Waals surface area contributed by atoms with Crippen molar-refractivity contribution in [2.75, 3.05) is 5.73 Å². The maximum absolute atomic E-state index is 10.5. The second kappa shape index (κ2) is 8.13. The summed E-state index contributed by atoms with van der Waals surface area (Å²) in [5.74, 6) is -0.431. The van der Waals surface area contributed by atoms with Crippen LogP contribution in [0.3, 0.4) is 0 Å². The Balaban J connectivity index is 0.000000316. The molecule has 1 aromatic carbocycles. The van der Waals surface area contributed by atoms with Crippen LogP contribution in [0, 0.1) is 0 Å². The van der Waals surface area contributed by atoms with Gasteiger partial charge >= 0.3 is 0 Å². The summed E-state index contributed by atoms with van der Waals surface area (Å²) in [5, 5.41) is 0. The monoisotopic (exact) mass is 251 g/mol. The molecule has 17 heavy (non-hydrogen) atoms. The van der Waals surface area contributed by atoms with Crippen molar-refractivity contribution in [3.05, 3.63) is 60.4 Å². The van der Waals surface area contributed by atoms with E-state index in [1.165, 1.54) is 0 Å². The van der Waals surface area contributed by atoms with Crippen LogP contribution in [-0.4, -0.2) is 10.9 Å². The molecule has 2 rings (SSSR count). The Morgan fingerprint density at radius 2 is 1.53 bits per heavy atom. The highest BCUT2D eigenvalue weighted by Crippen LogP contribution is 2.03. The van der Waals surface area contributed by atoms with Crippen molar-refractivity contribution in [2.45, 2.75) is 0 Å². The summed E-state index contributed by atoms with van der Waals surface area (Å²) in [6, 6.07) is 12.2. The normalized spacial score (nSPS) is 8.24. The second-order valence-electron chi connectivity index (χ2n) is 3.01. The number of hydrogen-bond acceptors (Lipinski definition) is 3. The first kappa shape index (κ1) is 14.9. The second-order valence-corrected chi connectivity index (χ2v) is 3.01. The Morgan fingerprint density at radius 3 is 1.82 bits per heavy atom. The lowest BCUT2D eigenvalue weighted by molar-refractivity contribution is 0.100. The van der Waals surface area contributed by atoms with Gasteiger partial charge in [-0.25, -0.2) is 0 Å². The highest BCUT2D eigenvalue weighted by Gasteiger charge is 1.96. The number of nitrogen functional groups attached to an aromatic ring is 1. The van der Waals surface area contributed by atoms with Gasteiger partial charge in [-0.3, -0.25) is 9.78 Å². The molecule has 1 heterocycles. The molecule has 90 valence electrons. The number of halogens is 1. The molecule has 0 bridgehead atoms. The average Bonchev–Trinajstić information content (AvgIpc) is 2.32. The van der Waals surface area contributed by atoms with E-state index in [4.69, 9.17) is 11.5 Å². The van der Waals surface area contributed by atoms with E-state index in [1.54, 1.807) is 36.7 Å². The fraction of sp³-hybridized carbons (Fsp3) is 0. The van der Waals surface area contributed by atoms with Gasteiger partial charge in [-0.1, -0.05) is 6.07 Å². The maximum Gasteiger partial charge on any atom is 0.248 e. The van der Waals surface area contributed by atoms with Crippen molar-refractivity contribution in [3.63, 3.8) is 0 Å². The van der Waals surface area contributed by atoms with Crippen molar-refractivity contribution < 1.29 is 4.79 Å². The number of benzene rings is 1. The standard InChI is InChI=1S/C7H8N2O.C5H5N.ClH/c8-6-3-1-5(2-4-6)7(9)10;1-2-4-6-5-3-1;/h1-4H,8H2,(H2,9,10);1-5H;1H. The van der Waals surface area contributed by atoms with E-state index in [1.807, 2.05) is 18.2 Å². The summed E-state index contributed by atoms with van der Waals surface area (Å²) in [6.45, 7) is 0. The molecule has 1 aromatic heterocycles. The number of nitrogens with zero attached hydrogens (tertiary/aromatic N) is 1. The number of hydrogen-bond donors (Lipinski definition) is 2. The first-order valence-electron chi connectivity index (χ1n) is 4.70. The van der Waals surface area contributed by atoms with Crippen LogP contribution < -0.4 is 11.5 Å². The van der Waals surface area contributed by atoms with Gasteiger partial charge in [-0.15, -0.1) is 12.4 Å². The highest BCUT2D eigenvalue weighted by molar-refractivity contribution is 5.92. The van der Waals surface area contributed by atoms with Crippen LogP contribution in [0.4, 0.5) is 5.69 Å². The molecule has 4 N–H and O–H groups in total. The summed E-state index contributed by atoms with van der Waals surface area (Å²) in [6.07, 6.45) is 3.50. The van der Waals surface area contributed by atoms with E-state index in [-0.39, 0.29) is 12.4 Å². The first-order chi connectivity index (χ1) is 7.70. The molecule has 5 heteroatoms. The molecule has 0 aliphatic carbocycles. The lowest BCUT2D eigenvalue weighted by atomic mass is 10.2. The Bertz CT molecular complexity index is 405. The Morgan fingerprint density at radius 1 is 1.00 bits per heavy atom. The topological polar surface area (TPSA) is 82.0 Å². The smallest absolute Gasteiger partial charge is 0.248 e. The first-order valence-corrected chi connectivity index (χ1v) is 4.70. The van der Waals surface area contributed by atoms with Gasteiger partial charge < -0.3 is 11.5 Å². The van der Waals surface area contributed by atoms with Crippen LogP contribution in [0.2, 0.25) is 0 Å². The van der Waals surface area contributed by atoms with Crippen LogP contribution >= 0.6 is 12.4 Å². The average molecular weight is 252 g/mol. The number of amides is 1. The summed E-state index contributed by atoms with van der Waals surface area (Å²) >= 11 is 0. The van der Waals surface area contributed by atoms with Crippen LogP contribution in [0.1, 0.15) is 10.4 Å². The Labute approximate surface area is 106 Å². The predicted molar refractivity (Wildman–Crippen MR) is 70.9 cm³/mol. The summed E-state index contributed by atoms with van der Waals surface area (Å²) < 4.78 is 0. The maximum atomic E-state index is 10.5. The minimum absolute atomic E-state index is 0. The van der Waals surface area contributed by atoms with E-state index in [0.29, 0.717) is 11.3 Å². The molecule has 0 saturated heterocycles. The molecular weight excluding hydrogens is 238 g/mol. The fourth-order valence-corrected chi connectivity index (χ4v) is 0.960. The highest BCUT2D eigenvalue weighted by atomic mass is 35.5. The quantitative estimate of drug-likeness (QED) is 0.759. The van der Waals surface area contributed by atoms with Crippen molar-refractivity contribution >= 4 is 24.0 Å². The number of carbonyl (C=O) groups excluding carboxylic acids is 1. The van der Waals surface area contributed by atoms with Crippen molar-refractivity contribution in [3.8, 4) is 0 Å². The van der Waals surface area contributed by atoms with E-state index in [9.17, 15) is 4.79 Å². The van der Waals surface area contributed by atoms with Gasteiger partial charge in [0.1, 0.15) is 0 Å². The van der Waals surface area contributed by atoms with E-state index < -0.39 is 5.91 Å². The molecule has 0 aliphatic rings.